The number of nitrogens with zero attached hydrogens (tertiary/aromatic N) is 3. The van der Waals surface area contributed by atoms with Gasteiger partial charge in [-0.3, -0.25) is 20.3 Å². The van der Waals surface area contributed by atoms with Crippen LogP contribution >= 0.6 is 0 Å². The average molecular weight is 508 g/mol. The number of amides is 1. The summed E-state index contributed by atoms with van der Waals surface area (Å²) in [4.78, 5) is 24.8. The standard InChI is InChI=1S/C24H27F3N4O5/c1-15-5-4-6-16(2)30(15)23(32)14-36-21-10-7-17(11-22(21)35-3)13-28-29-19-9-8-18(24(25,26)27)12-20(19)31(33)34/h7-13,15-16,29H,4-6,14H2,1-3H3/b28-13-/t15-,16-/m1/s1. The number of piperidine rings is 1. The van der Waals surface area contributed by atoms with Crippen molar-refractivity contribution in [1.82, 2.24) is 4.90 Å². The van der Waals surface area contributed by atoms with Crippen LogP contribution in [0.4, 0.5) is 24.5 Å². The van der Waals surface area contributed by atoms with Crippen LogP contribution in [0.3, 0.4) is 0 Å². The third-order valence-corrected chi connectivity index (χ3v) is 5.94. The fourth-order valence-corrected chi connectivity index (χ4v) is 4.14. The Labute approximate surface area is 206 Å². The van der Waals surface area contributed by atoms with Crippen LogP contribution in [-0.2, 0) is 11.0 Å². The minimum atomic E-state index is -4.71. The highest BCUT2D eigenvalue weighted by molar-refractivity contribution is 5.82. The van der Waals surface area contributed by atoms with Gasteiger partial charge in [0.1, 0.15) is 5.69 Å². The molecule has 2 aromatic rings. The maximum absolute atomic E-state index is 12.9. The van der Waals surface area contributed by atoms with Crippen LogP contribution < -0.4 is 14.9 Å². The van der Waals surface area contributed by atoms with E-state index in [0.717, 1.165) is 31.4 Å². The topological polar surface area (TPSA) is 106 Å². The number of alkyl halides is 3. The predicted octanol–water partition coefficient (Wildman–Crippen LogP) is 5.24. The summed E-state index contributed by atoms with van der Waals surface area (Å²) < 4.78 is 49.6. The molecule has 1 fully saturated rings. The number of hydrogen-bond donors (Lipinski definition) is 1. The Morgan fingerprint density at radius 1 is 1.19 bits per heavy atom. The molecule has 1 aliphatic rings. The summed E-state index contributed by atoms with van der Waals surface area (Å²) in [5, 5.41) is 15.1. The molecule has 194 valence electrons. The minimum Gasteiger partial charge on any atom is -0.493 e. The highest BCUT2D eigenvalue weighted by atomic mass is 19.4. The molecule has 36 heavy (non-hydrogen) atoms. The van der Waals surface area contributed by atoms with E-state index < -0.39 is 22.4 Å². The molecule has 0 spiro atoms. The first kappa shape index (κ1) is 26.8. The van der Waals surface area contributed by atoms with Crippen LogP contribution in [0.5, 0.6) is 11.5 Å². The molecule has 1 saturated heterocycles. The molecule has 2 aromatic carbocycles. The van der Waals surface area contributed by atoms with Gasteiger partial charge in [0.15, 0.2) is 18.1 Å². The Bertz CT molecular complexity index is 1130. The van der Waals surface area contributed by atoms with Crippen molar-refractivity contribution < 1.29 is 32.4 Å². The van der Waals surface area contributed by atoms with Crippen molar-refractivity contribution in [2.75, 3.05) is 19.1 Å². The number of hydrogen-bond acceptors (Lipinski definition) is 7. The van der Waals surface area contributed by atoms with Crippen LogP contribution in [0.25, 0.3) is 0 Å². The van der Waals surface area contributed by atoms with Crippen LogP contribution in [0.15, 0.2) is 41.5 Å². The molecule has 0 bridgehead atoms. The Morgan fingerprint density at radius 2 is 1.89 bits per heavy atom. The van der Waals surface area contributed by atoms with E-state index in [4.69, 9.17) is 9.47 Å². The molecule has 3 rings (SSSR count). The minimum absolute atomic E-state index is 0.107. The van der Waals surface area contributed by atoms with Crippen molar-refractivity contribution in [3.8, 4) is 11.5 Å². The molecule has 0 aromatic heterocycles. The predicted molar refractivity (Wildman–Crippen MR) is 127 cm³/mol. The van der Waals surface area contributed by atoms with Crippen molar-refractivity contribution in [2.45, 2.75) is 51.4 Å². The molecule has 1 N–H and O–H groups in total. The molecule has 0 unspecified atom stereocenters. The zero-order valence-electron chi connectivity index (χ0n) is 20.0. The highest BCUT2D eigenvalue weighted by Crippen LogP contribution is 2.35. The number of likely N-dealkylation sites (tertiary alicyclic amines) is 1. The second kappa shape index (κ2) is 11.3. The Morgan fingerprint density at radius 3 is 2.50 bits per heavy atom. The number of hydrazone groups is 1. The molecular formula is C24H27F3N4O5. The lowest BCUT2D eigenvalue weighted by Crippen LogP contribution is -2.49. The average Bonchev–Trinajstić information content (AvgIpc) is 2.82. The van der Waals surface area contributed by atoms with Crippen molar-refractivity contribution in [1.29, 1.82) is 0 Å². The van der Waals surface area contributed by atoms with Gasteiger partial charge in [0.2, 0.25) is 0 Å². The van der Waals surface area contributed by atoms with Gasteiger partial charge < -0.3 is 14.4 Å². The van der Waals surface area contributed by atoms with Gasteiger partial charge in [0.25, 0.3) is 11.6 Å². The number of nitro groups is 1. The first-order chi connectivity index (χ1) is 17.0. The van der Waals surface area contributed by atoms with E-state index in [1.807, 2.05) is 18.7 Å². The lowest BCUT2D eigenvalue weighted by molar-refractivity contribution is -0.384. The summed E-state index contributed by atoms with van der Waals surface area (Å²) in [6.45, 7) is 3.91. The third kappa shape index (κ3) is 6.43. The van der Waals surface area contributed by atoms with E-state index in [9.17, 15) is 28.1 Å². The third-order valence-electron chi connectivity index (χ3n) is 5.94. The number of rotatable bonds is 8. The summed E-state index contributed by atoms with van der Waals surface area (Å²) in [5.74, 6) is 0.586. The quantitative estimate of drug-likeness (QED) is 0.297. The number of anilines is 1. The van der Waals surface area contributed by atoms with E-state index in [2.05, 4.69) is 10.5 Å². The number of nitrogens with one attached hydrogen (secondary N) is 1. The molecule has 0 aliphatic carbocycles. The second-order valence-corrected chi connectivity index (χ2v) is 8.49. The van der Waals surface area contributed by atoms with Gasteiger partial charge in [-0.15, -0.1) is 0 Å². The number of carbonyl (C=O) groups is 1. The summed E-state index contributed by atoms with van der Waals surface area (Å²) >= 11 is 0. The van der Waals surface area contributed by atoms with Crippen molar-refractivity contribution in [2.24, 2.45) is 5.10 Å². The fraction of sp³-hybridized carbons (Fsp3) is 0.417. The van der Waals surface area contributed by atoms with Crippen LogP contribution in [0.2, 0.25) is 0 Å². The van der Waals surface area contributed by atoms with Gasteiger partial charge >= 0.3 is 6.18 Å². The molecular weight excluding hydrogens is 481 g/mol. The van der Waals surface area contributed by atoms with Gasteiger partial charge in [-0.1, -0.05) is 0 Å². The van der Waals surface area contributed by atoms with Gasteiger partial charge in [0, 0.05) is 18.2 Å². The van der Waals surface area contributed by atoms with Crippen molar-refractivity contribution in [3.63, 3.8) is 0 Å². The van der Waals surface area contributed by atoms with E-state index in [1.165, 1.54) is 13.3 Å². The van der Waals surface area contributed by atoms with Crippen molar-refractivity contribution >= 4 is 23.5 Å². The smallest absolute Gasteiger partial charge is 0.416 e. The monoisotopic (exact) mass is 508 g/mol. The van der Waals surface area contributed by atoms with Crippen LogP contribution in [-0.4, -0.2) is 47.7 Å². The van der Waals surface area contributed by atoms with E-state index in [0.29, 0.717) is 23.1 Å². The molecule has 9 nitrogen and oxygen atoms in total. The number of methoxy groups -OCH3 is 1. The number of benzene rings is 2. The molecule has 1 heterocycles. The first-order valence-corrected chi connectivity index (χ1v) is 11.3. The van der Waals surface area contributed by atoms with Crippen molar-refractivity contribution in [3.05, 3.63) is 57.6 Å². The zero-order chi connectivity index (χ0) is 26.5. The first-order valence-electron chi connectivity index (χ1n) is 11.3. The molecule has 1 amide bonds. The van der Waals surface area contributed by atoms with Crippen LogP contribution in [0.1, 0.15) is 44.2 Å². The van der Waals surface area contributed by atoms with E-state index in [-0.39, 0.29) is 30.3 Å². The van der Waals surface area contributed by atoms with E-state index >= 15 is 0 Å². The number of ether oxygens (including phenoxy) is 2. The Kier molecular flexibility index (Phi) is 8.38. The number of carbonyl (C=O) groups excluding carboxylic acids is 1. The number of halogens is 3. The summed E-state index contributed by atoms with van der Waals surface area (Å²) in [7, 11) is 1.43. The lowest BCUT2D eigenvalue weighted by Gasteiger charge is -2.39. The molecule has 1 aliphatic heterocycles. The maximum atomic E-state index is 12.9. The molecule has 12 heteroatoms. The summed E-state index contributed by atoms with van der Waals surface area (Å²) in [5.41, 5.74) is 0.826. The SMILES string of the molecule is COc1cc(/C=N\Nc2ccc(C(F)(F)F)cc2[N+](=O)[O-])ccc1OCC(=O)N1[C@H](C)CCC[C@H]1C. The zero-order valence-corrected chi connectivity index (χ0v) is 20.0. The Balaban J connectivity index is 1.68. The van der Waals surface area contributed by atoms with Gasteiger partial charge in [-0.2, -0.15) is 18.3 Å². The molecule has 0 radical (unpaired) electrons. The maximum Gasteiger partial charge on any atom is 0.416 e. The summed E-state index contributed by atoms with van der Waals surface area (Å²) in [6, 6.07) is 7.22. The normalized spacial score (nSPS) is 18.2. The van der Waals surface area contributed by atoms with E-state index in [1.54, 1.807) is 18.2 Å². The van der Waals surface area contributed by atoms with Gasteiger partial charge in [0.05, 0.1) is 23.8 Å². The molecule has 2 atom stereocenters. The van der Waals surface area contributed by atoms with Gasteiger partial charge in [-0.25, -0.2) is 0 Å². The second-order valence-electron chi connectivity index (χ2n) is 8.49. The number of nitro benzene ring substituents is 1. The molecule has 0 saturated carbocycles. The lowest BCUT2D eigenvalue weighted by atomic mass is 9.97. The van der Waals surface area contributed by atoms with Crippen LogP contribution in [0, 0.1) is 10.1 Å². The summed E-state index contributed by atoms with van der Waals surface area (Å²) in [6.07, 6.45) is -0.392. The Hall–Kier alpha value is -3.83. The largest absolute Gasteiger partial charge is 0.493 e. The highest BCUT2D eigenvalue weighted by Gasteiger charge is 2.33. The van der Waals surface area contributed by atoms with Gasteiger partial charge in [-0.05, 0) is 69.0 Å². The fourth-order valence-electron chi connectivity index (χ4n) is 4.14.